The highest BCUT2D eigenvalue weighted by molar-refractivity contribution is 6.04. The minimum absolute atomic E-state index is 0.0621. The number of nitrogens with zero attached hydrogens (tertiary/aromatic N) is 3. The molecule has 2 amide bonds. The van der Waals surface area contributed by atoms with Gasteiger partial charge in [0, 0.05) is 42.9 Å². The topological polar surface area (TPSA) is 100 Å². The Hall–Kier alpha value is -4.04. The Balaban J connectivity index is 1.28. The van der Waals surface area contributed by atoms with Crippen LogP contribution in [0.1, 0.15) is 57.8 Å². The maximum absolute atomic E-state index is 13.4. The van der Waals surface area contributed by atoms with Gasteiger partial charge in [-0.15, -0.1) is 0 Å². The zero-order valence-electron chi connectivity index (χ0n) is 20.7. The highest BCUT2D eigenvalue weighted by Crippen LogP contribution is 2.52. The molecular weight excluding hydrogens is 466 g/mol. The lowest BCUT2D eigenvalue weighted by Crippen LogP contribution is -2.52. The first-order valence-corrected chi connectivity index (χ1v) is 12.8. The van der Waals surface area contributed by atoms with Gasteiger partial charge < -0.3 is 15.0 Å². The normalized spacial score (nSPS) is 20.2. The van der Waals surface area contributed by atoms with Crippen LogP contribution in [0.2, 0.25) is 0 Å². The van der Waals surface area contributed by atoms with Crippen molar-refractivity contribution in [2.45, 2.75) is 37.3 Å². The summed E-state index contributed by atoms with van der Waals surface area (Å²) >= 11 is 0. The van der Waals surface area contributed by atoms with Gasteiger partial charge in [-0.3, -0.25) is 19.7 Å². The number of ether oxygens (including phenoxy) is 1. The number of likely N-dealkylation sites (tertiary alicyclic amines) is 1. The van der Waals surface area contributed by atoms with Gasteiger partial charge in [0.25, 0.3) is 11.8 Å². The van der Waals surface area contributed by atoms with Crippen LogP contribution in [0.5, 0.6) is 0 Å². The number of H-pyrrole nitrogens is 1. The number of piperidine rings is 1. The van der Waals surface area contributed by atoms with Gasteiger partial charge in [0.1, 0.15) is 0 Å². The number of benzene rings is 2. The van der Waals surface area contributed by atoms with Gasteiger partial charge >= 0.3 is 0 Å². The molecule has 6 rings (SSSR count). The molecule has 0 unspecified atom stereocenters. The first-order valence-electron chi connectivity index (χ1n) is 12.8. The van der Waals surface area contributed by atoms with Crippen LogP contribution in [0.4, 0.5) is 0 Å². The van der Waals surface area contributed by atoms with E-state index < -0.39 is 0 Å². The zero-order valence-corrected chi connectivity index (χ0v) is 20.7. The second-order valence-electron chi connectivity index (χ2n) is 9.72. The molecule has 1 saturated heterocycles. The quantitative estimate of drug-likeness (QED) is 0.436. The standard InChI is InChI=1S/C29H29N5O3/c1-2-37-26-24(31-27(35)19-8-7-15-30-18-19)20-9-3-5-11-22(20)29(26)13-16-34(17-14-29)28(36)25-21-10-4-6-12-23(21)32-33-25/h3-12,15,18,24,26H,2,13-14,16-17H2,1H3,(H,31,35)(H,32,33)/t24-,26+/m0/s1. The Labute approximate surface area is 215 Å². The summed E-state index contributed by atoms with van der Waals surface area (Å²) in [5, 5.41) is 11.4. The Morgan fingerprint density at radius 3 is 2.65 bits per heavy atom. The fourth-order valence-electron chi connectivity index (χ4n) is 6.11. The van der Waals surface area contributed by atoms with Crippen molar-refractivity contribution < 1.29 is 14.3 Å². The molecule has 1 aliphatic carbocycles. The van der Waals surface area contributed by atoms with Gasteiger partial charge in [0.05, 0.1) is 23.2 Å². The van der Waals surface area contributed by atoms with E-state index in [4.69, 9.17) is 4.74 Å². The molecule has 0 radical (unpaired) electrons. The number of carbonyl (C=O) groups is 2. The SMILES string of the molecule is CCO[C@@H]1[C@@H](NC(=O)c2cccnc2)c2ccccc2C12CCN(C(=O)c1n[nH]c3ccccc13)CC2. The molecule has 188 valence electrons. The lowest BCUT2D eigenvalue weighted by atomic mass is 9.71. The number of fused-ring (bicyclic) bond motifs is 3. The predicted octanol–water partition coefficient (Wildman–Crippen LogP) is 4.02. The van der Waals surface area contributed by atoms with Crippen LogP contribution in [0, 0.1) is 0 Å². The van der Waals surface area contributed by atoms with Crippen molar-refractivity contribution in [2.75, 3.05) is 19.7 Å². The summed E-state index contributed by atoms with van der Waals surface area (Å²) in [5.74, 6) is -0.236. The maximum atomic E-state index is 13.4. The van der Waals surface area contributed by atoms with E-state index >= 15 is 0 Å². The number of hydrogen-bond acceptors (Lipinski definition) is 5. The van der Waals surface area contributed by atoms with Gasteiger partial charge in [-0.05, 0) is 49.1 Å². The summed E-state index contributed by atoms with van der Waals surface area (Å²) in [4.78, 5) is 32.6. The van der Waals surface area contributed by atoms with Gasteiger partial charge in [0.15, 0.2) is 5.69 Å². The number of carbonyl (C=O) groups excluding carboxylic acids is 2. The Morgan fingerprint density at radius 2 is 1.86 bits per heavy atom. The molecule has 2 N–H and O–H groups in total. The third kappa shape index (κ3) is 3.88. The Kier molecular flexibility index (Phi) is 5.96. The molecule has 37 heavy (non-hydrogen) atoms. The second-order valence-corrected chi connectivity index (χ2v) is 9.72. The van der Waals surface area contributed by atoms with E-state index in [0.29, 0.717) is 31.0 Å². The van der Waals surface area contributed by atoms with Gasteiger partial charge in [0.2, 0.25) is 0 Å². The van der Waals surface area contributed by atoms with E-state index in [9.17, 15) is 9.59 Å². The van der Waals surface area contributed by atoms with Crippen LogP contribution >= 0.6 is 0 Å². The first-order chi connectivity index (χ1) is 18.1. The molecule has 1 aliphatic heterocycles. The molecule has 0 bridgehead atoms. The molecular formula is C29H29N5O3. The molecule has 3 heterocycles. The number of para-hydroxylation sites is 1. The van der Waals surface area contributed by atoms with Gasteiger partial charge in [-0.25, -0.2) is 0 Å². The van der Waals surface area contributed by atoms with Crippen LogP contribution < -0.4 is 5.32 Å². The summed E-state index contributed by atoms with van der Waals surface area (Å²) in [6, 6.07) is 19.2. The van der Waals surface area contributed by atoms with Crippen LogP contribution in [0.25, 0.3) is 10.9 Å². The van der Waals surface area contributed by atoms with Crippen molar-refractivity contribution in [3.63, 3.8) is 0 Å². The molecule has 2 atom stereocenters. The number of aromatic amines is 1. The zero-order chi connectivity index (χ0) is 25.4. The first kappa shape index (κ1) is 23.4. The van der Waals surface area contributed by atoms with Crippen LogP contribution in [-0.4, -0.2) is 57.7 Å². The third-order valence-corrected chi connectivity index (χ3v) is 7.85. The maximum Gasteiger partial charge on any atom is 0.274 e. The molecule has 0 saturated carbocycles. The van der Waals surface area contributed by atoms with Crippen molar-refractivity contribution in [1.82, 2.24) is 25.4 Å². The molecule has 4 aromatic rings. The number of rotatable bonds is 5. The molecule has 2 aromatic carbocycles. The van der Waals surface area contributed by atoms with Crippen molar-refractivity contribution in [1.29, 1.82) is 0 Å². The van der Waals surface area contributed by atoms with E-state index in [1.165, 1.54) is 5.56 Å². The highest BCUT2D eigenvalue weighted by Gasteiger charge is 2.54. The lowest BCUT2D eigenvalue weighted by molar-refractivity contribution is -0.0306. The van der Waals surface area contributed by atoms with Crippen molar-refractivity contribution in [2.24, 2.45) is 0 Å². The van der Waals surface area contributed by atoms with E-state index in [1.807, 2.05) is 48.2 Å². The van der Waals surface area contributed by atoms with Crippen molar-refractivity contribution in [3.8, 4) is 0 Å². The van der Waals surface area contributed by atoms with Crippen molar-refractivity contribution >= 4 is 22.7 Å². The van der Waals surface area contributed by atoms with Crippen LogP contribution in [-0.2, 0) is 10.2 Å². The largest absolute Gasteiger partial charge is 0.375 e. The van der Waals surface area contributed by atoms with E-state index in [0.717, 1.165) is 29.3 Å². The van der Waals surface area contributed by atoms with Gasteiger partial charge in [-0.1, -0.05) is 42.5 Å². The average molecular weight is 496 g/mol. The monoisotopic (exact) mass is 495 g/mol. The number of amides is 2. The summed E-state index contributed by atoms with van der Waals surface area (Å²) in [6.45, 7) is 3.68. The minimum atomic E-state index is -0.302. The summed E-state index contributed by atoms with van der Waals surface area (Å²) in [5.41, 5.74) is 3.81. The van der Waals surface area contributed by atoms with Crippen LogP contribution in [0.3, 0.4) is 0 Å². The number of pyridine rings is 1. The third-order valence-electron chi connectivity index (χ3n) is 7.85. The summed E-state index contributed by atoms with van der Waals surface area (Å²) in [7, 11) is 0. The van der Waals surface area contributed by atoms with E-state index in [2.05, 4.69) is 32.6 Å². The Bertz CT molecular complexity index is 1440. The minimum Gasteiger partial charge on any atom is -0.375 e. The van der Waals surface area contributed by atoms with Gasteiger partial charge in [-0.2, -0.15) is 5.10 Å². The molecule has 1 fully saturated rings. The smallest absolute Gasteiger partial charge is 0.274 e. The predicted molar refractivity (Wildman–Crippen MR) is 139 cm³/mol. The molecule has 8 heteroatoms. The van der Waals surface area contributed by atoms with E-state index in [-0.39, 0.29) is 29.4 Å². The fourth-order valence-corrected chi connectivity index (χ4v) is 6.11. The molecule has 2 aromatic heterocycles. The lowest BCUT2D eigenvalue weighted by Gasteiger charge is -2.44. The molecule has 1 spiro atoms. The Morgan fingerprint density at radius 1 is 1.08 bits per heavy atom. The van der Waals surface area contributed by atoms with Crippen LogP contribution in [0.15, 0.2) is 73.1 Å². The number of nitrogens with one attached hydrogen (secondary N) is 2. The number of aromatic nitrogens is 3. The highest BCUT2D eigenvalue weighted by atomic mass is 16.5. The summed E-state index contributed by atoms with van der Waals surface area (Å²) < 4.78 is 6.40. The fraction of sp³-hybridized carbons (Fsp3) is 0.310. The summed E-state index contributed by atoms with van der Waals surface area (Å²) in [6.07, 6.45) is 4.47. The second kappa shape index (κ2) is 9.44. The van der Waals surface area contributed by atoms with Crippen molar-refractivity contribution in [3.05, 3.63) is 95.4 Å². The average Bonchev–Trinajstić information content (AvgIpc) is 3.48. The molecule has 8 nitrogen and oxygen atoms in total. The van der Waals surface area contributed by atoms with E-state index in [1.54, 1.807) is 24.5 Å². The molecule has 2 aliphatic rings. The number of hydrogen-bond donors (Lipinski definition) is 2.